The number of H-pyrrole nitrogens is 1. The molecule has 2 aromatic rings. The van der Waals surface area contributed by atoms with Gasteiger partial charge in [-0.1, -0.05) is 24.3 Å². The van der Waals surface area contributed by atoms with Crippen molar-refractivity contribution in [2.75, 3.05) is 20.6 Å². The van der Waals surface area contributed by atoms with E-state index in [0.29, 0.717) is 6.04 Å². The summed E-state index contributed by atoms with van der Waals surface area (Å²) in [6, 6.07) is 9.73. The molecule has 0 radical (unpaired) electrons. The van der Waals surface area contributed by atoms with E-state index in [1.54, 1.807) is 0 Å². The summed E-state index contributed by atoms with van der Waals surface area (Å²) in [4.78, 5) is 4.81. The zero-order chi connectivity index (χ0) is 16.4. The second-order valence-corrected chi connectivity index (χ2v) is 7.02. The highest BCUT2D eigenvalue weighted by Gasteiger charge is 2.27. The Bertz CT molecular complexity index is 622. The highest BCUT2D eigenvalue weighted by atomic mass is 15.2. The molecule has 1 aromatic heterocycles. The van der Waals surface area contributed by atoms with Gasteiger partial charge in [-0.05, 0) is 58.5 Å². The van der Waals surface area contributed by atoms with Crippen LogP contribution in [0.5, 0.6) is 0 Å². The molecule has 23 heavy (non-hydrogen) atoms. The van der Waals surface area contributed by atoms with E-state index in [0.717, 1.165) is 18.8 Å². The number of aromatic amines is 1. The molecule has 0 saturated carbocycles. The summed E-state index contributed by atoms with van der Waals surface area (Å²) in [6.07, 6.45) is 2.53. The number of nitrogens with one attached hydrogen (secondary N) is 1. The van der Waals surface area contributed by atoms with Gasteiger partial charge in [0.25, 0.3) is 0 Å². The van der Waals surface area contributed by atoms with Crippen molar-refractivity contribution in [2.24, 2.45) is 0 Å². The number of nitrogens with zero attached hydrogens (tertiary/aromatic N) is 3. The van der Waals surface area contributed by atoms with Gasteiger partial charge in [0.05, 0.1) is 5.69 Å². The van der Waals surface area contributed by atoms with Crippen LogP contribution in [0.2, 0.25) is 0 Å². The predicted molar refractivity (Wildman–Crippen MR) is 94.3 cm³/mol. The maximum atomic E-state index is 4.34. The number of hydrogen-bond acceptors (Lipinski definition) is 3. The second-order valence-electron chi connectivity index (χ2n) is 7.02. The number of aromatic nitrogens is 2. The molecule has 1 fully saturated rings. The fourth-order valence-electron chi connectivity index (χ4n) is 3.61. The lowest BCUT2D eigenvalue weighted by Crippen LogP contribution is -2.23. The number of rotatable bonds is 5. The lowest BCUT2D eigenvalue weighted by Gasteiger charge is -2.25. The Hall–Kier alpha value is -1.65. The second kappa shape index (κ2) is 6.85. The van der Waals surface area contributed by atoms with Crippen LogP contribution in [0.4, 0.5) is 0 Å². The van der Waals surface area contributed by atoms with E-state index in [1.165, 1.54) is 41.8 Å². The largest absolute Gasteiger partial charge is 0.305 e. The molecular weight excluding hydrogens is 284 g/mol. The van der Waals surface area contributed by atoms with Gasteiger partial charge in [0.1, 0.15) is 0 Å². The van der Waals surface area contributed by atoms with E-state index in [1.807, 2.05) is 0 Å². The predicted octanol–water partition coefficient (Wildman–Crippen LogP) is 3.43. The molecule has 1 unspecified atom stereocenters. The van der Waals surface area contributed by atoms with Crippen molar-refractivity contribution in [1.29, 1.82) is 0 Å². The molecule has 4 nitrogen and oxygen atoms in total. The van der Waals surface area contributed by atoms with E-state index in [2.05, 4.69) is 72.2 Å². The first kappa shape index (κ1) is 16.2. The monoisotopic (exact) mass is 312 g/mol. The van der Waals surface area contributed by atoms with Crippen molar-refractivity contribution in [3.63, 3.8) is 0 Å². The van der Waals surface area contributed by atoms with Gasteiger partial charge in [0, 0.05) is 30.4 Å². The van der Waals surface area contributed by atoms with Crippen LogP contribution in [-0.2, 0) is 13.1 Å². The van der Waals surface area contributed by atoms with E-state index in [4.69, 9.17) is 0 Å². The zero-order valence-electron chi connectivity index (χ0n) is 14.8. The van der Waals surface area contributed by atoms with Crippen LogP contribution in [0.25, 0.3) is 0 Å². The normalized spacial score (nSPS) is 18.9. The Labute approximate surface area is 139 Å². The van der Waals surface area contributed by atoms with Crippen LogP contribution in [-0.4, -0.2) is 40.6 Å². The van der Waals surface area contributed by atoms with Crippen LogP contribution in [0, 0.1) is 13.8 Å². The van der Waals surface area contributed by atoms with Crippen LogP contribution in [0.1, 0.15) is 47.0 Å². The molecule has 1 atom stereocenters. The van der Waals surface area contributed by atoms with E-state index >= 15 is 0 Å². The molecule has 1 aliphatic heterocycles. The molecule has 1 N–H and O–H groups in total. The Morgan fingerprint density at radius 2 is 1.96 bits per heavy atom. The van der Waals surface area contributed by atoms with Gasteiger partial charge >= 0.3 is 0 Å². The maximum Gasteiger partial charge on any atom is 0.0639 e. The number of hydrogen-bond donors (Lipinski definition) is 1. The summed E-state index contributed by atoms with van der Waals surface area (Å²) in [5.74, 6) is 0. The number of likely N-dealkylation sites (tertiary alicyclic amines) is 1. The maximum absolute atomic E-state index is 4.34. The van der Waals surface area contributed by atoms with Gasteiger partial charge < -0.3 is 4.90 Å². The van der Waals surface area contributed by atoms with Gasteiger partial charge in [0.2, 0.25) is 0 Å². The molecule has 4 heteroatoms. The fourth-order valence-corrected chi connectivity index (χ4v) is 3.61. The van der Waals surface area contributed by atoms with E-state index in [-0.39, 0.29) is 0 Å². The summed E-state index contributed by atoms with van der Waals surface area (Å²) in [7, 11) is 4.23. The minimum atomic E-state index is 0.539. The SMILES string of the molecule is Cc1n[nH]c(C)c1CN1CCCC1c1ccc(CN(C)C)cc1. The van der Waals surface area contributed by atoms with Crippen LogP contribution in [0.3, 0.4) is 0 Å². The Morgan fingerprint density at radius 1 is 1.22 bits per heavy atom. The highest BCUT2D eigenvalue weighted by molar-refractivity contribution is 5.27. The minimum Gasteiger partial charge on any atom is -0.305 e. The minimum absolute atomic E-state index is 0.539. The summed E-state index contributed by atoms with van der Waals surface area (Å²) in [5.41, 5.74) is 6.53. The van der Waals surface area contributed by atoms with Crippen molar-refractivity contribution < 1.29 is 0 Å². The Balaban J connectivity index is 1.74. The third-order valence-corrected chi connectivity index (χ3v) is 4.87. The molecule has 2 heterocycles. The first-order valence-electron chi connectivity index (χ1n) is 8.52. The molecule has 124 valence electrons. The molecule has 0 spiro atoms. The van der Waals surface area contributed by atoms with E-state index < -0.39 is 0 Å². The summed E-state index contributed by atoms with van der Waals surface area (Å²) in [6.45, 7) is 7.39. The van der Waals surface area contributed by atoms with Crippen molar-refractivity contribution in [2.45, 2.75) is 45.8 Å². The third kappa shape index (κ3) is 3.65. The molecular formula is C19H28N4. The van der Waals surface area contributed by atoms with Gasteiger partial charge in [-0.2, -0.15) is 5.10 Å². The van der Waals surface area contributed by atoms with E-state index in [9.17, 15) is 0 Å². The van der Waals surface area contributed by atoms with Crippen molar-refractivity contribution in [3.05, 3.63) is 52.3 Å². The average molecular weight is 312 g/mol. The zero-order valence-corrected chi connectivity index (χ0v) is 14.8. The Kier molecular flexibility index (Phi) is 4.83. The fraction of sp³-hybridized carbons (Fsp3) is 0.526. The van der Waals surface area contributed by atoms with Crippen molar-refractivity contribution in [1.82, 2.24) is 20.0 Å². The molecule has 0 bridgehead atoms. The molecule has 1 saturated heterocycles. The molecule has 0 aliphatic carbocycles. The number of benzene rings is 1. The van der Waals surface area contributed by atoms with Gasteiger partial charge in [-0.25, -0.2) is 0 Å². The lowest BCUT2D eigenvalue weighted by atomic mass is 10.0. The quantitative estimate of drug-likeness (QED) is 0.919. The van der Waals surface area contributed by atoms with Gasteiger partial charge in [0.15, 0.2) is 0 Å². The highest BCUT2D eigenvalue weighted by Crippen LogP contribution is 2.34. The van der Waals surface area contributed by atoms with Gasteiger partial charge in [-0.15, -0.1) is 0 Å². The first-order chi connectivity index (χ1) is 11.0. The molecule has 1 aromatic carbocycles. The number of aryl methyl sites for hydroxylation is 2. The smallest absolute Gasteiger partial charge is 0.0639 e. The average Bonchev–Trinajstić information content (AvgIpc) is 3.10. The van der Waals surface area contributed by atoms with Crippen LogP contribution in [0.15, 0.2) is 24.3 Å². The summed E-state index contributed by atoms with van der Waals surface area (Å²) < 4.78 is 0. The molecule has 3 rings (SSSR count). The lowest BCUT2D eigenvalue weighted by molar-refractivity contribution is 0.247. The van der Waals surface area contributed by atoms with Crippen LogP contribution >= 0.6 is 0 Å². The van der Waals surface area contributed by atoms with Gasteiger partial charge in [-0.3, -0.25) is 10.00 Å². The topological polar surface area (TPSA) is 35.2 Å². The van der Waals surface area contributed by atoms with Crippen molar-refractivity contribution >= 4 is 0 Å². The standard InChI is InChI=1S/C19H28N4/c1-14-18(15(2)21-20-14)13-23-11-5-6-19(23)17-9-7-16(8-10-17)12-22(3)4/h7-10,19H,5-6,11-13H2,1-4H3,(H,20,21). The molecule has 0 amide bonds. The summed E-state index contributed by atoms with van der Waals surface area (Å²) in [5, 5.41) is 7.45. The van der Waals surface area contributed by atoms with Crippen molar-refractivity contribution in [3.8, 4) is 0 Å². The Morgan fingerprint density at radius 3 is 2.57 bits per heavy atom. The first-order valence-corrected chi connectivity index (χ1v) is 8.52. The van der Waals surface area contributed by atoms with Crippen LogP contribution < -0.4 is 0 Å². The molecule has 1 aliphatic rings. The third-order valence-electron chi connectivity index (χ3n) is 4.87. The summed E-state index contributed by atoms with van der Waals surface area (Å²) >= 11 is 0.